The summed E-state index contributed by atoms with van der Waals surface area (Å²) in [6.07, 6.45) is -4.27. The fourth-order valence-corrected chi connectivity index (χ4v) is 1.67. The lowest BCUT2D eigenvalue weighted by Gasteiger charge is -2.19. The minimum absolute atomic E-state index is 0.0504. The van der Waals surface area contributed by atoms with Crippen LogP contribution in [0, 0.1) is 0 Å². The first-order chi connectivity index (χ1) is 7.79. The van der Waals surface area contributed by atoms with Crippen LogP contribution in [0.1, 0.15) is 18.1 Å². The summed E-state index contributed by atoms with van der Waals surface area (Å²) in [5.41, 5.74) is 5.87. The Morgan fingerprint density at radius 1 is 1.24 bits per heavy atom. The van der Waals surface area contributed by atoms with Crippen molar-refractivity contribution >= 4 is 0 Å². The van der Waals surface area contributed by atoms with Crippen LogP contribution >= 0.6 is 0 Å². The summed E-state index contributed by atoms with van der Waals surface area (Å²) >= 11 is 0. The molecule has 0 radical (unpaired) electrons. The van der Waals surface area contributed by atoms with E-state index in [1.807, 2.05) is 18.9 Å². The van der Waals surface area contributed by atoms with Crippen LogP contribution in [0.4, 0.5) is 13.2 Å². The van der Waals surface area contributed by atoms with E-state index in [9.17, 15) is 13.2 Å². The Bertz CT molecular complexity index is 344. The molecule has 0 saturated heterocycles. The fraction of sp³-hybridized carbons (Fsp3) is 0.500. The Kier molecular flexibility index (Phi) is 4.54. The first-order valence-corrected chi connectivity index (χ1v) is 5.39. The third-order valence-electron chi connectivity index (χ3n) is 2.33. The summed E-state index contributed by atoms with van der Waals surface area (Å²) in [4.78, 5) is 1.98. The van der Waals surface area contributed by atoms with Crippen molar-refractivity contribution in [2.24, 2.45) is 5.73 Å². The number of alkyl halides is 3. The van der Waals surface area contributed by atoms with Crippen molar-refractivity contribution in [2.45, 2.75) is 25.7 Å². The van der Waals surface area contributed by atoms with Crippen molar-refractivity contribution in [1.82, 2.24) is 4.90 Å². The van der Waals surface area contributed by atoms with Gasteiger partial charge in [0.15, 0.2) is 0 Å². The molecule has 0 amide bonds. The molecule has 0 bridgehead atoms. The average molecular weight is 246 g/mol. The quantitative estimate of drug-likeness (QED) is 0.884. The second-order valence-corrected chi connectivity index (χ2v) is 4.37. The van der Waals surface area contributed by atoms with Gasteiger partial charge in [-0.3, -0.25) is 0 Å². The molecule has 1 aromatic rings. The minimum Gasteiger partial charge on any atom is -0.327 e. The molecule has 2 N–H and O–H groups in total. The third kappa shape index (κ3) is 4.75. The van der Waals surface area contributed by atoms with Gasteiger partial charge in [0, 0.05) is 19.1 Å². The smallest absolute Gasteiger partial charge is 0.327 e. The summed E-state index contributed by atoms with van der Waals surface area (Å²) in [6.45, 7) is 3.20. The second kappa shape index (κ2) is 5.51. The SMILES string of the molecule is CC(N)CN(C)Cc1ccc(C(F)(F)F)cc1. The monoisotopic (exact) mass is 246 g/mol. The predicted molar refractivity (Wildman–Crippen MR) is 61.4 cm³/mol. The van der Waals surface area contributed by atoms with Crippen molar-refractivity contribution in [1.29, 1.82) is 0 Å². The van der Waals surface area contributed by atoms with Crippen LogP contribution in [-0.2, 0) is 12.7 Å². The second-order valence-electron chi connectivity index (χ2n) is 4.37. The van der Waals surface area contributed by atoms with E-state index in [-0.39, 0.29) is 6.04 Å². The Hall–Kier alpha value is -1.07. The van der Waals surface area contributed by atoms with Gasteiger partial charge in [-0.05, 0) is 31.7 Å². The van der Waals surface area contributed by atoms with Crippen LogP contribution in [0.5, 0.6) is 0 Å². The molecule has 96 valence electrons. The van der Waals surface area contributed by atoms with Gasteiger partial charge in [-0.25, -0.2) is 0 Å². The van der Waals surface area contributed by atoms with E-state index >= 15 is 0 Å². The zero-order valence-corrected chi connectivity index (χ0v) is 9.96. The molecular weight excluding hydrogens is 229 g/mol. The molecule has 1 rings (SSSR count). The van der Waals surface area contributed by atoms with Crippen molar-refractivity contribution in [3.05, 3.63) is 35.4 Å². The maximum atomic E-state index is 12.3. The number of benzene rings is 1. The van der Waals surface area contributed by atoms with Crippen LogP contribution < -0.4 is 5.73 Å². The number of hydrogen-bond acceptors (Lipinski definition) is 2. The van der Waals surface area contributed by atoms with Crippen molar-refractivity contribution in [2.75, 3.05) is 13.6 Å². The van der Waals surface area contributed by atoms with E-state index in [1.165, 1.54) is 12.1 Å². The normalized spacial score (nSPS) is 14.1. The Balaban J connectivity index is 2.63. The standard InChI is InChI=1S/C12H17F3N2/c1-9(16)7-17(2)8-10-3-5-11(6-4-10)12(13,14)15/h3-6,9H,7-8,16H2,1-2H3. The number of halogens is 3. The highest BCUT2D eigenvalue weighted by atomic mass is 19.4. The first kappa shape index (κ1) is 14.0. The minimum atomic E-state index is -4.27. The average Bonchev–Trinajstić information content (AvgIpc) is 2.15. The van der Waals surface area contributed by atoms with Crippen molar-refractivity contribution < 1.29 is 13.2 Å². The molecule has 0 spiro atoms. The molecule has 0 fully saturated rings. The highest BCUT2D eigenvalue weighted by molar-refractivity contribution is 5.24. The Morgan fingerprint density at radius 3 is 2.18 bits per heavy atom. The number of nitrogens with zero attached hydrogens (tertiary/aromatic N) is 1. The number of nitrogens with two attached hydrogens (primary N) is 1. The first-order valence-electron chi connectivity index (χ1n) is 5.39. The molecule has 0 aliphatic heterocycles. The van der Waals surface area contributed by atoms with Crippen LogP contribution in [0.2, 0.25) is 0 Å². The molecule has 0 heterocycles. The fourth-order valence-electron chi connectivity index (χ4n) is 1.67. The van der Waals surface area contributed by atoms with E-state index in [2.05, 4.69) is 0 Å². The molecule has 0 aliphatic rings. The largest absolute Gasteiger partial charge is 0.416 e. The lowest BCUT2D eigenvalue weighted by atomic mass is 10.1. The van der Waals surface area contributed by atoms with Gasteiger partial charge < -0.3 is 10.6 Å². The van der Waals surface area contributed by atoms with Gasteiger partial charge in [0.05, 0.1) is 5.56 Å². The highest BCUT2D eigenvalue weighted by Gasteiger charge is 2.29. The molecule has 2 nitrogen and oxygen atoms in total. The Labute approximate surface area is 99.2 Å². The summed E-state index contributed by atoms with van der Waals surface area (Å²) in [6, 6.07) is 5.26. The molecule has 0 aromatic heterocycles. The van der Waals surface area contributed by atoms with Gasteiger partial charge >= 0.3 is 6.18 Å². The molecule has 0 aliphatic carbocycles. The van der Waals surface area contributed by atoms with E-state index < -0.39 is 11.7 Å². The van der Waals surface area contributed by atoms with E-state index in [4.69, 9.17) is 5.73 Å². The maximum Gasteiger partial charge on any atom is 0.416 e. The van der Waals surface area contributed by atoms with Crippen LogP contribution in [-0.4, -0.2) is 24.5 Å². The zero-order chi connectivity index (χ0) is 13.1. The van der Waals surface area contributed by atoms with E-state index in [0.717, 1.165) is 17.7 Å². The zero-order valence-electron chi connectivity index (χ0n) is 9.96. The molecule has 5 heteroatoms. The van der Waals surface area contributed by atoms with Crippen LogP contribution in [0.3, 0.4) is 0 Å². The van der Waals surface area contributed by atoms with Crippen molar-refractivity contribution in [3.63, 3.8) is 0 Å². The van der Waals surface area contributed by atoms with Crippen molar-refractivity contribution in [3.8, 4) is 0 Å². The summed E-state index contributed by atoms with van der Waals surface area (Å²) in [5.74, 6) is 0. The molecule has 1 aromatic carbocycles. The number of hydrogen-bond donors (Lipinski definition) is 1. The third-order valence-corrected chi connectivity index (χ3v) is 2.33. The summed E-state index contributed by atoms with van der Waals surface area (Å²) in [7, 11) is 1.89. The molecule has 1 unspecified atom stereocenters. The predicted octanol–water partition coefficient (Wildman–Crippen LogP) is 2.48. The molecular formula is C12H17F3N2. The highest BCUT2D eigenvalue weighted by Crippen LogP contribution is 2.29. The molecule has 1 atom stereocenters. The summed E-state index contributed by atoms with van der Waals surface area (Å²) in [5, 5.41) is 0. The summed E-state index contributed by atoms with van der Waals surface area (Å²) < 4.78 is 37.0. The van der Waals surface area contributed by atoms with Crippen LogP contribution in [0.25, 0.3) is 0 Å². The lowest BCUT2D eigenvalue weighted by Crippen LogP contribution is -2.32. The maximum absolute atomic E-state index is 12.3. The van der Waals surface area contributed by atoms with E-state index in [0.29, 0.717) is 13.1 Å². The van der Waals surface area contributed by atoms with Gasteiger partial charge in [0.1, 0.15) is 0 Å². The van der Waals surface area contributed by atoms with Crippen LogP contribution in [0.15, 0.2) is 24.3 Å². The number of likely N-dealkylation sites (N-methyl/N-ethyl adjacent to an activating group) is 1. The topological polar surface area (TPSA) is 29.3 Å². The molecule has 0 saturated carbocycles. The van der Waals surface area contributed by atoms with Gasteiger partial charge in [-0.1, -0.05) is 12.1 Å². The van der Waals surface area contributed by atoms with Gasteiger partial charge in [-0.15, -0.1) is 0 Å². The molecule has 17 heavy (non-hydrogen) atoms. The van der Waals surface area contributed by atoms with Gasteiger partial charge in [0.2, 0.25) is 0 Å². The lowest BCUT2D eigenvalue weighted by molar-refractivity contribution is -0.137. The van der Waals surface area contributed by atoms with Gasteiger partial charge in [0.25, 0.3) is 0 Å². The number of rotatable bonds is 4. The van der Waals surface area contributed by atoms with Gasteiger partial charge in [-0.2, -0.15) is 13.2 Å². The Morgan fingerprint density at radius 2 is 1.76 bits per heavy atom. The van der Waals surface area contributed by atoms with E-state index in [1.54, 1.807) is 0 Å².